The van der Waals surface area contributed by atoms with E-state index < -0.39 is 33.4 Å². The zero-order valence-corrected chi connectivity index (χ0v) is 13.7. The fourth-order valence-electron chi connectivity index (χ4n) is 2.35. The molecule has 122 valence electrons. The number of hydrogen-bond donors (Lipinski definition) is 1. The predicted octanol–water partition coefficient (Wildman–Crippen LogP) is 2.83. The summed E-state index contributed by atoms with van der Waals surface area (Å²) in [6.45, 7) is 6.14. The number of nitrogens with one attached hydrogen (secondary N) is 1. The molecule has 4 nitrogen and oxygen atoms in total. The van der Waals surface area contributed by atoms with Gasteiger partial charge in [-0.2, -0.15) is 0 Å². The third-order valence-corrected chi connectivity index (χ3v) is 5.34. The van der Waals surface area contributed by atoms with E-state index in [1.54, 1.807) is 4.31 Å². The summed E-state index contributed by atoms with van der Waals surface area (Å²) >= 11 is 0. The van der Waals surface area contributed by atoms with E-state index >= 15 is 0 Å². The summed E-state index contributed by atoms with van der Waals surface area (Å²) in [5, 5.41) is 2.57. The maximum absolute atomic E-state index is 13.2. The van der Waals surface area contributed by atoms with Gasteiger partial charge in [0.2, 0.25) is 5.91 Å². The van der Waals surface area contributed by atoms with Crippen molar-refractivity contribution in [3.05, 3.63) is 29.8 Å². The van der Waals surface area contributed by atoms with Gasteiger partial charge in [0, 0.05) is 18.3 Å². The molecule has 1 fully saturated rings. The van der Waals surface area contributed by atoms with E-state index in [1.807, 2.05) is 20.8 Å². The van der Waals surface area contributed by atoms with Crippen molar-refractivity contribution in [2.24, 2.45) is 0 Å². The first kappa shape index (κ1) is 17.0. The minimum atomic E-state index is -1.29. The lowest BCUT2D eigenvalue weighted by molar-refractivity contribution is -0.119. The summed E-state index contributed by atoms with van der Waals surface area (Å²) in [7, 11) is -1.29. The Labute approximate surface area is 131 Å². The van der Waals surface area contributed by atoms with Gasteiger partial charge >= 0.3 is 0 Å². The molecule has 1 heterocycles. The van der Waals surface area contributed by atoms with Crippen molar-refractivity contribution in [3.63, 3.8) is 0 Å². The Morgan fingerprint density at radius 2 is 2.00 bits per heavy atom. The van der Waals surface area contributed by atoms with Gasteiger partial charge in [0.15, 0.2) is 11.6 Å². The van der Waals surface area contributed by atoms with E-state index in [0.29, 0.717) is 13.0 Å². The summed E-state index contributed by atoms with van der Waals surface area (Å²) in [6, 6.07) is 2.68. The molecule has 22 heavy (non-hydrogen) atoms. The Morgan fingerprint density at radius 3 is 2.59 bits per heavy atom. The molecule has 1 unspecified atom stereocenters. The fourth-order valence-corrected chi connectivity index (χ4v) is 3.78. The molecule has 7 heteroatoms. The molecule has 1 aliphatic heterocycles. The molecule has 2 atom stereocenters. The molecule has 0 spiro atoms. The Balaban J connectivity index is 2.11. The highest BCUT2D eigenvalue weighted by atomic mass is 32.2. The SMILES string of the molecule is CC(C)(C)S(=O)N1CCC[C@H]1C(=O)Nc1ccc(F)c(F)c1. The van der Waals surface area contributed by atoms with Gasteiger partial charge in [-0.3, -0.25) is 4.79 Å². The van der Waals surface area contributed by atoms with Gasteiger partial charge in [-0.1, -0.05) is 0 Å². The van der Waals surface area contributed by atoms with Crippen LogP contribution >= 0.6 is 0 Å². The number of carbonyl (C=O) groups is 1. The number of nitrogens with zero attached hydrogens (tertiary/aromatic N) is 1. The third kappa shape index (κ3) is 3.70. The number of amides is 1. The third-order valence-electron chi connectivity index (χ3n) is 3.43. The van der Waals surface area contributed by atoms with Gasteiger partial charge in [-0.05, 0) is 45.7 Å². The molecule has 2 rings (SSSR count). The number of carbonyl (C=O) groups excluding carboxylic acids is 1. The number of benzene rings is 1. The normalized spacial score (nSPS) is 20.9. The molecule has 1 aromatic carbocycles. The van der Waals surface area contributed by atoms with Crippen LogP contribution in [0.1, 0.15) is 33.6 Å². The highest BCUT2D eigenvalue weighted by Gasteiger charge is 2.38. The number of halogens is 2. The largest absolute Gasteiger partial charge is 0.325 e. The molecule has 0 radical (unpaired) electrons. The van der Waals surface area contributed by atoms with Gasteiger partial charge in [-0.15, -0.1) is 0 Å². The monoisotopic (exact) mass is 330 g/mol. The second-order valence-corrected chi connectivity index (χ2v) is 8.47. The lowest BCUT2D eigenvalue weighted by Crippen LogP contribution is -2.45. The van der Waals surface area contributed by atoms with Crippen molar-refractivity contribution in [2.75, 3.05) is 11.9 Å². The van der Waals surface area contributed by atoms with E-state index in [0.717, 1.165) is 18.6 Å². The van der Waals surface area contributed by atoms with Crippen LogP contribution in [0.2, 0.25) is 0 Å². The summed E-state index contributed by atoms with van der Waals surface area (Å²) < 4.78 is 39.8. The molecule has 1 N–H and O–H groups in total. The lowest BCUT2D eigenvalue weighted by Gasteiger charge is -2.29. The highest BCUT2D eigenvalue weighted by molar-refractivity contribution is 7.84. The second-order valence-electron chi connectivity index (χ2n) is 6.28. The molecule has 1 aliphatic rings. The average Bonchev–Trinajstić information content (AvgIpc) is 2.90. The van der Waals surface area contributed by atoms with E-state index in [1.165, 1.54) is 6.07 Å². The first-order valence-corrected chi connectivity index (χ1v) is 8.25. The van der Waals surface area contributed by atoms with Crippen molar-refractivity contribution in [2.45, 2.75) is 44.4 Å². The van der Waals surface area contributed by atoms with Crippen LogP contribution in [0.3, 0.4) is 0 Å². The van der Waals surface area contributed by atoms with E-state index in [2.05, 4.69) is 5.32 Å². The minimum Gasteiger partial charge on any atom is -0.325 e. The van der Waals surface area contributed by atoms with Crippen molar-refractivity contribution in [1.29, 1.82) is 0 Å². The zero-order valence-electron chi connectivity index (χ0n) is 12.9. The van der Waals surface area contributed by atoms with E-state index in [4.69, 9.17) is 0 Å². The molecular formula is C15H20F2N2O2S. The van der Waals surface area contributed by atoms with Gasteiger partial charge in [-0.25, -0.2) is 17.3 Å². The van der Waals surface area contributed by atoms with E-state index in [9.17, 15) is 17.8 Å². The molecule has 1 saturated heterocycles. The second kappa shape index (κ2) is 6.42. The molecule has 0 aromatic heterocycles. The zero-order chi connectivity index (χ0) is 16.5. The first-order valence-electron chi connectivity index (χ1n) is 7.14. The standard InChI is InChI=1S/C15H20F2N2O2S/c1-15(2,3)22(21)19-8-4-5-13(19)14(20)18-10-6-7-11(16)12(17)9-10/h6-7,9,13H,4-5,8H2,1-3H3,(H,18,20)/t13-,22?/m0/s1. The van der Waals surface area contributed by atoms with Crippen LogP contribution in [0.5, 0.6) is 0 Å². The maximum atomic E-state index is 13.2. The fraction of sp³-hybridized carbons (Fsp3) is 0.533. The smallest absolute Gasteiger partial charge is 0.242 e. The van der Waals surface area contributed by atoms with Crippen molar-refractivity contribution in [1.82, 2.24) is 4.31 Å². The van der Waals surface area contributed by atoms with E-state index in [-0.39, 0.29) is 11.6 Å². The van der Waals surface area contributed by atoms with Crippen molar-refractivity contribution < 1.29 is 17.8 Å². The van der Waals surface area contributed by atoms with Crippen LogP contribution in [0.15, 0.2) is 18.2 Å². The molecule has 1 aromatic rings. The summed E-state index contributed by atoms with van der Waals surface area (Å²) in [6.07, 6.45) is 1.37. The van der Waals surface area contributed by atoms with Crippen LogP contribution in [0.4, 0.5) is 14.5 Å². The lowest BCUT2D eigenvalue weighted by atomic mass is 10.2. The topological polar surface area (TPSA) is 49.4 Å². The summed E-state index contributed by atoms with van der Waals surface area (Å²) in [5.41, 5.74) is 0.192. The summed E-state index contributed by atoms with van der Waals surface area (Å²) in [5.74, 6) is -2.32. The van der Waals surface area contributed by atoms with Crippen LogP contribution in [-0.2, 0) is 15.8 Å². The summed E-state index contributed by atoms with van der Waals surface area (Å²) in [4.78, 5) is 12.3. The number of anilines is 1. The van der Waals surface area contributed by atoms with Crippen LogP contribution in [0, 0.1) is 11.6 Å². The van der Waals surface area contributed by atoms with Crippen molar-refractivity contribution in [3.8, 4) is 0 Å². The molecule has 0 aliphatic carbocycles. The Morgan fingerprint density at radius 1 is 1.32 bits per heavy atom. The number of hydrogen-bond acceptors (Lipinski definition) is 2. The molecule has 0 bridgehead atoms. The van der Waals surface area contributed by atoms with Crippen LogP contribution < -0.4 is 5.32 Å². The quantitative estimate of drug-likeness (QED) is 0.926. The minimum absolute atomic E-state index is 0.192. The van der Waals surface area contributed by atoms with Crippen molar-refractivity contribution >= 4 is 22.6 Å². The van der Waals surface area contributed by atoms with Gasteiger partial charge in [0.05, 0.1) is 4.75 Å². The van der Waals surface area contributed by atoms with Gasteiger partial charge in [0.25, 0.3) is 0 Å². The number of rotatable bonds is 3. The average molecular weight is 330 g/mol. The Kier molecular flexibility index (Phi) is 4.97. The Hall–Kier alpha value is -1.34. The predicted molar refractivity (Wildman–Crippen MR) is 82.6 cm³/mol. The van der Waals surface area contributed by atoms with Crippen LogP contribution in [0.25, 0.3) is 0 Å². The Bertz CT molecular complexity index is 602. The first-order chi connectivity index (χ1) is 10.2. The van der Waals surface area contributed by atoms with Gasteiger partial charge < -0.3 is 5.32 Å². The highest BCUT2D eigenvalue weighted by Crippen LogP contribution is 2.26. The molecular weight excluding hydrogens is 310 g/mol. The van der Waals surface area contributed by atoms with Gasteiger partial charge in [0.1, 0.15) is 17.0 Å². The maximum Gasteiger partial charge on any atom is 0.242 e. The molecule has 1 amide bonds. The van der Waals surface area contributed by atoms with Crippen LogP contribution in [-0.4, -0.2) is 31.8 Å². The molecule has 0 saturated carbocycles.